The molecule has 1 aliphatic carbocycles. The zero-order valence-electron chi connectivity index (χ0n) is 13.0. The third-order valence-corrected chi connectivity index (χ3v) is 4.97. The Morgan fingerprint density at radius 1 is 1.14 bits per heavy atom. The molecule has 1 unspecified atom stereocenters. The summed E-state index contributed by atoms with van der Waals surface area (Å²) in [5.74, 6) is 0.617. The Morgan fingerprint density at radius 3 is 2.62 bits per heavy atom. The van der Waals surface area contributed by atoms with Crippen molar-refractivity contribution >= 4 is 10.9 Å². The second kappa shape index (κ2) is 5.76. The van der Waals surface area contributed by atoms with Crippen molar-refractivity contribution in [3.63, 3.8) is 0 Å². The van der Waals surface area contributed by atoms with Gasteiger partial charge >= 0.3 is 0 Å². The van der Waals surface area contributed by atoms with Crippen LogP contribution in [0.5, 0.6) is 0 Å². The smallest absolute Gasteiger partial charge is 0.0852 e. The molecule has 2 aromatic rings. The number of benzene rings is 1. The fourth-order valence-electron chi connectivity index (χ4n) is 4.18. The molecule has 1 fully saturated rings. The van der Waals surface area contributed by atoms with Crippen LogP contribution in [0.2, 0.25) is 0 Å². The lowest BCUT2D eigenvalue weighted by Crippen LogP contribution is -2.28. The third kappa shape index (κ3) is 2.69. The molecule has 0 spiro atoms. The van der Waals surface area contributed by atoms with E-state index in [0.717, 1.165) is 35.7 Å². The normalized spacial score (nSPS) is 19.2. The SMILES string of the molecule is CC(C)CC1(C(O)c2cccc3ncccc23)CCCC1. The van der Waals surface area contributed by atoms with E-state index in [1.54, 1.807) is 0 Å². The Bertz CT molecular complexity index is 608. The van der Waals surface area contributed by atoms with Gasteiger partial charge in [-0.1, -0.05) is 44.9 Å². The van der Waals surface area contributed by atoms with Crippen LogP contribution in [0.15, 0.2) is 36.5 Å². The Hall–Kier alpha value is -1.41. The highest BCUT2D eigenvalue weighted by molar-refractivity contribution is 5.82. The second-order valence-corrected chi connectivity index (χ2v) is 6.99. The van der Waals surface area contributed by atoms with E-state index in [4.69, 9.17) is 0 Å². The predicted octanol–water partition coefficient (Wildman–Crippen LogP) is 4.87. The maximum absolute atomic E-state index is 11.2. The van der Waals surface area contributed by atoms with Gasteiger partial charge in [0.05, 0.1) is 11.6 Å². The van der Waals surface area contributed by atoms with Crippen molar-refractivity contribution in [1.29, 1.82) is 0 Å². The van der Waals surface area contributed by atoms with Gasteiger partial charge in [0.1, 0.15) is 0 Å². The summed E-state index contributed by atoms with van der Waals surface area (Å²) in [7, 11) is 0. The molecule has 1 N–H and O–H groups in total. The molecular weight excluding hydrogens is 258 g/mol. The minimum atomic E-state index is -0.379. The molecule has 3 rings (SSSR count). The van der Waals surface area contributed by atoms with Crippen molar-refractivity contribution < 1.29 is 5.11 Å². The van der Waals surface area contributed by atoms with Crippen LogP contribution >= 0.6 is 0 Å². The monoisotopic (exact) mass is 283 g/mol. The van der Waals surface area contributed by atoms with Gasteiger partial charge in [-0.05, 0) is 42.9 Å². The van der Waals surface area contributed by atoms with E-state index in [1.165, 1.54) is 12.8 Å². The van der Waals surface area contributed by atoms with Gasteiger partial charge < -0.3 is 5.11 Å². The summed E-state index contributed by atoms with van der Waals surface area (Å²) in [5.41, 5.74) is 2.09. The van der Waals surface area contributed by atoms with Crippen LogP contribution in [0.4, 0.5) is 0 Å². The first-order valence-electron chi connectivity index (χ1n) is 8.14. The van der Waals surface area contributed by atoms with Crippen molar-refractivity contribution in [3.05, 3.63) is 42.1 Å². The molecule has 2 nitrogen and oxygen atoms in total. The topological polar surface area (TPSA) is 33.1 Å². The highest BCUT2D eigenvalue weighted by Crippen LogP contribution is 2.52. The van der Waals surface area contributed by atoms with Crippen LogP contribution in [0.3, 0.4) is 0 Å². The molecule has 0 bridgehead atoms. The van der Waals surface area contributed by atoms with Gasteiger partial charge in [0.25, 0.3) is 0 Å². The zero-order chi connectivity index (χ0) is 14.9. The van der Waals surface area contributed by atoms with E-state index in [2.05, 4.69) is 31.0 Å². The van der Waals surface area contributed by atoms with E-state index in [0.29, 0.717) is 5.92 Å². The summed E-state index contributed by atoms with van der Waals surface area (Å²) in [6, 6.07) is 10.2. The molecule has 112 valence electrons. The number of aliphatic hydroxyl groups excluding tert-OH is 1. The largest absolute Gasteiger partial charge is 0.388 e. The van der Waals surface area contributed by atoms with Gasteiger partial charge in [0.2, 0.25) is 0 Å². The van der Waals surface area contributed by atoms with Gasteiger partial charge in [0.15, 0.2) is 0 Å². The molecule has 1 aromatic heterocycles. The van der Waals surface area contributed by atoms with Gasteiger partial charge in [-0.3, -0.25) is 4.98 Å². The van der Waals surface area contributed by atoms with Crippen molar-refractivity contribution in [1.82, 2.24) is 4.98 Å². The Kier molecular flexibility index (Phi) is 3.99. The Morgan fingerprint density at radius 2 is 1.90 bits per heavy atom. The van der Waals surface area contributed by atoms with Crippen LogP contribution in [-0.4, -0.2) is 10.1 Å². The fourth-order valence-corrected chi connectivity index (χ4v) is 4.18. The van der Waals surface area contributed by atoms with E-state index in [-0.39, 0.29) is 11.5 Å². The Balaban J connectivity index is 2.04. The lowest BCUT2D eigenvalue weighted by molar-refractivity contribution is 0.0122. The molecule has 2 heteroatoms. The van der Waals surface area contributed by atoms with Gasteiger partial charge in [-0.25, -0.2) is 0 Å². The Labute approximate surface area is 127 Å². The standard InChI is InChI=1S/C19H25NO/c1-14(2)13-19(10-3-4-11-19)18(21)16-7-5-9-17-15(16)8-6-12-20-17/h5-9,12,14,18,21H,3-4,10-11,13H2,1-2H3. The number of rotatable bonds is 4. The molecular formula is C19H25NO. The van der Waals surface area contributed by atoms with E-state index < -0.39 is 0 Å². The lowest BCUT2D eigenvalue weighted by Gasteiger charge is -2.36. The first-order chi connectivity index (χ1) is 10.1. The molecule has 0 saturated heterocycles. The van der Waals surface area contributed by atoms with Crippen LogP contribution in [0.25, 0.3) is 10.9 Å². The first kappa shape index (κ1) is 14.5. The number of fused-ring (bicyclic) bond motifs is 1. The second-order valence-electron chi connectivity index (χ2n) is 6.99. The average Bonchev–Trinajstić information content (AvgIpc) is 2.95. The molecule has 0 aliphatic heterocycles. The van der Waals surface area contributed by atoms with Gasteiger partial charge in [-0.15, -0.1) is 0 Å². The number of pyridine rings is 1. The summed E-state index contributed by atoms with van der Waals surface area (Å²) in [6.07, 6.45) is 7.31. The van der Waals surface area contributed by atoms with E-state index in [1.807, 2.05) is 24.4 Å². The third-order valence-electron chi connectivity index (χ3n) is 4.97. The summed E-state index contributed by atoms with van der Waals surface area (Å²) in [5, 5.41) is 12.3. The predicted molar refractivity (Wildman–Crippen MR) is 87.1 cm³/mol. The molecule has 0 amide bonds. The van der Waals surface area contributed by atoms with E-state index >= 15 is 0 Å². The van der Waals surface area contributed by atoms with Crippen molar-refractivity contribution in [2.45, 2.75) is 52.1 Å². The van der Waals surface area contributed by atoms with Crippen molar-refractivity contribution in [2.24, 2.45) is 11.3 Å². The molecule has 1 atom stereocenters. The summed E-state index contributed by atoms with van der Waals surface area (Å²) < 4.78 is 0. The molecule has 1 aromatic carbocycles. The van der Waals surface area contributed by atoms with E-state index in [9.17, 15) is 5.11 Å². The molecule has 1 saturated carbocycles. The fraction of sp³-hybridized carbons (Fsp3) is 0.526. The highest BCUT2D eigenvalue weighted by Gasteiger charge is 2.41. The van der Waals surface area contributed by atoms with Gasteiger partial charge in [0, 0.05) is 17.0 Å². The number of aromatic nitrogens is 1. The van der Waals surface area contributed by atoms with Crippen LogP contribution in [0, 0.1) is 11.3 Å². The van der Waals surface area contributed by atoms with Gasteiger partial charge in [-0.2, -0.15) is 0 Å². The summed E-state index contributed by atoms with van der Waals surface area (Å²) >= 11 is 0. The number of aliphatic hydroxyl groups is 1. The molecule has 0 radical (unpaired) electrons. The molecule has 1 aliphatic rings. The highest BCUT2D eigenvalue weighted by atomic mass is 16.3. The lowest BCUT2D eigenvalue weighted by atomic mass is 9.71. The minimum Gasteiger partial charge on any atom is -0.388 e. The number of nitrogens with zero attached hydrogens (tertiary/aromatic N) is 1. The maximum Gasteiger partial charge on any atom is 0.0852 e. The van der Waals surface area contributed by atoms with Crippen LogP contribution < -0.4 is 0 Å². The van der Waals surface area contributed by atoms with Crippen molar-refractivity contribution in [3.8, 4) is 0 Å². The minimum absolute atomic E-state index is 0.0539. The molecule has 1 heterocycles. The summed E-state index contributed by atoms with van der Waals surface area (Å²) in [6.45, 7) is 4.52. The van der Waals surface area contributed by atoms with Crippen LogP contribution in [0.1, 0.15) is 57.6 Å². The van der Waals surface area contributed by atoms with Crippen LogP contribution in [-0.2, 0) is 0 Å². The number of hydrogen-bond acceptors (Lipinski definition) is 2. The average molecular weight is 283 g/mol. The first-order valence-corrected chi connectivity index (χ1v) is 8.14. The summed E-state index contributed by atoms with van der Waals surface area (Å²) in [4.78, 5) is 4.42. The molecule has 21 heavy (non-hydrogen) atoms. The quantitative estimate of drug-likeness (QED) is 0.868. The van der Waals surface area contributed by atoms with Crippen molar-refractivity contribution in [2.75, 3.05) is 0 Å². The number of hydrogen-bond donors (Lipinski definition) is 1. The maximum atomic E-state index is 11.2. The zero-order valence-corrected chi connectivity index (χ0v) is 13.0.